The third-order valence-corrected chi connectivity index (χ3v) is 7.84. The summed E-state index contributed by atoms with van der Waals surface area (Å²) in [5.74, 6) is 0. The van der Waals surface area contributed by atoms with Crippen molar-refractivity contribution >= 4 is 10.0 Å². The number of benzene rings is 4. The molecule has 39 heavy (non-hydrogen) atoms. The normalized spacial score (nSPS) is 12.9. The van der Waals surface area contributed by atoms with Gasteiger partial charge in [-0.05, 0) is 55.0 Å². The van der Waals surface area contributed by atoms with Crippen LogP contribution in [0, 0.1) is 20.8 Å². The molecule has 0 spiro atoms. The van der Waals surface area contributed by atoms with Crippen LogP contribution in [0.25, 0.3) is 0 Å². The summed E-state index contributed by atoms with van der Waals surface area (Å²) in [6.45, 7) is 12.7. The molecule has 0 bridgehead atoms. The molecule has 208 valence electrons. The van der Waals surface area contributed by atoms with E-state index in [1.54, 1.807) is 12.1 Å². The Morgan fingerprint density at radius 3 is 1.49 bits per heavy atom. The molecule has 2 atom stereocenters. The van der Waals surface area contributed by atoms with Gasteiger partial charge in [-0.2, -0.15) is 0 Å². The number of hydrogen-bond acceptors (Lipinski definition) is 3. The molecule has 3 N–H and O–H groups in total. The van der Waals surface area contributed by atoms with Crippen molar-refractivity contribution in [3.63, 3.8) is 0 Å². The third kappa shape index (κ3) is 9.51. The van der Waals surface area contributed by atoms with Crippen LogP contribution in [0.15, 0.2) is 108 Å². The minimum absolute atomic E-state index is 0. The Labute approximate surface area is 247 Å². The SMILES string of the molecule is CC(C)(C)c1ccc(S(=O)(=O)N[C@@H](c2ccccc2)[C@@H](N)c2ccccc2)cc1.Cc1cc(C)cc(C)c1.[Ru]. The van der Waals surface area contributed by atoms with Crippen LogP contribution in [-0.4, -0.2) is 8.42 Å². The Balaban J connectivity index is 0.000000453. The van der Waals surface area contributed by atoms with E-state index in [4.69, 9.17) is 5.73 Å². The smallest absolute Gasteiger partial charge is 0.241 e. The quantitative estimate of drug-likeness (QED) is 0.220. The maximum Gasteiger partial charge on any atom is 0.241 e. The largest absolute Gasteiger partial charge is 0.322 e. The molecule has 4 rings (SSSR count). The monoisotopic (exact) mass is 630 g/mol. The van der Waals surface area contributed by atoms with Gasteiger partial charge in [-0.15, -0.1) is 0 Å². The van der Waals surface area contributed by atoms with Crippen LogP contribution in [0.4, 0.5) is 0 Å². The van der Waals surface area contributed by atoms with E-state index >= 15 is 0 Å². The van der Waals surface area contributed by atoms with Crippen LogP contribution >= 0.6 is 0 Å². The van der Waals surface area contributed by atoms with Gasteiger partial charge in [-0.25, -0.2) is 13.1 Å². The van der Waals surface area contributed by atoms with Gasteiger partial charge in [0.1, 0.15) is 0 Å². The van der Waals surface area contributed by atoms with Crippen molar-refractivity contribution in [2.24, 2.45) is 5.73 Å². The van der Waals surface area contributed by atoms with E-state index in [1.807, 2.05) is 72.8 Å². The summed E-state index contributed by atoms with van der Waals surface area (Å²) in [5.41, 5.74) is 13.3. The summed E-state index contributed by atoms with van der Waals surface area (Å²) >= 11 is 0. The molecule has 0 saturated carbocycles. The van der Waals surface area contributed by atoms with Gasteiger partial charge < -0.3 is 5.73 Å². The van der Waals surface area contributed by atoms with Gasteiger partial charge >= 0.3 is 0 Å². The number of hydrogen-bond donors (Lipinski definition) is 2. The van der Waals surface area contributed by atoms with Gasteiger partial charge in [0, 0.05) is 19.5 Å². The van der Waals surface area contributed by atoms with Crippen LogP contribution < -0.4 is 10.5 Å². The van der Waals surface area contributed by atoms with Crippen molar-refractivity contribution in [2.45, 2.75) is 63.9 Å². The van der Waals surface area contributed by atoms with E-state index in [-0.39, 0.29) is 29.8 Å². The summed E-state index contributed by atoms with van der Waals surface area (Å²) in [5, 5.41) is 0. The maximum absolute atomic E-state index is 13.1. The van der Waals surface area contributed by atoms with Crippen LogP contribution in [0.3, 0.4) is 0 Å². The summed E-state index contributed by atoms with van der Waals surface area (Å²) in [4.78, 5) is 0.228. The molecule has 0 aliphatic carbocycles. The molecule has 0 heterocycles. The number of rotatable bonds is 6. The second kappa shape index (κ2) is 14.1. The molecule has 0 radical (unpaired) electrons. The average Bonchev–Trinajstić information content (AvgIpc) is 2.87. The van der Waals surface area contributed by atoms with E-state index in [0.29, 0.717) is 0 Å². The Bertz CT molecular complexity index is 1370. The van der Waals surface area contributed by atoms with Gasteiger partial charge in [0.2, 0.25) is 10.0 Å². The predicted molar refractivity (Wildman–Crippen MR) is 159 cm³/mol. The van der Waals surface area contributed by atoms with Crippen molar-refractivity contribution in [2.75, 3.05) is 0 Å². The van der Waals surface area contributed by atoms with Crippen LogP contribution in [0.1, 0.15) is 66.2 Å². The molecule has 0 fully saturated rings. The molecular formula is C33H40N2O2RuS. The minimum Gasteiger partial charge on any atom is -0.322 e. The fourth-order valence-corrected chi connectivity index (χ4v) is 5.70. The van der Waals surface area contributed by atoms with Gasteiger partial charge in [0.05, 0.1) is 17.0 Å². The van der Waals surface area contributed by atoms with Gasteiger partial charge in [0.15, 0.2) is 0 Å². The first-order valence-corrected chi connectivity index (χ1v) is 14.4. The number of aryl methyl sites for hydroxylation is 3. The zero-order valence-electron chi connectivity index (χ0n) is 23.6. The second-order valence-electron chi connectivity index (χ2n) is 10.9. The molecule has 4 aromatic rings. The number of nitrogens with two attached hydrogens (primary N) is 1. The Morgan fingerprint density at radius 1 is 0.667 bits per heavy atom. The summed E-state index contributed by atoms with van der Waals surface area (Å²) < 4.78 is 29.1. The van der Waals surface area contributed by atoms with Crippen molar-refractivity contribution in [1.29, 1.82) is 0 Å². The molecule has 0 saturated heterocycles. The summed E-state index contributed by atoms with van der Waals surface area (Å²) in [6.07, 6.45) is 0. The molecule has 0 amide bonds. The number of sulfonamides is 1. The Kier molecular flexibility index (Phi) is 11.8. The maximum atomic E-state index is 13.1. The molecule has 4 aromatic carbocycles. The Hall–Kier alpha value is -2.63. The van der Waals surface area contributed by atoms with Crippen molar-refractivity contribution in [3.05, 3.63) is 137 Å². The first-order chi connectivity index (χ1) is 17.9. The molecule has 4 nitrogen and oxygen atoms in total. The summed E-state index contributed by atoms with van der Waals surface area (Å²) in [7, 11) is -3.75. The molecule has 6 heteroatoms. The summed E-state index contributed by atoms with van der Waals surface area (Å²) in [6, 6.07) is 31.4. The van der Waals surface area contributed by atoms with E-state index in [0.717, 1.165) is 16.7 Å². The molecular weight excluding hydrogens is 590 g/mol. The van der Waals surface area contributed by atoms with Crippen molar-refractivity contribution in [1.82, 2.24) is 4.72 Å². The van der Waals surface area contributed by atoms with Gasteiger partial charge in [-0.3, -0.25) is 0 Å². The van der Waals surface area contributed by atoms with Crippen LogP contribution in [-0.2, 0) is 34.9 Å². The van der Waals surface area contributed by atoms with Crippen molar-refractivity contribution < 1.29 is 27.9 Å². The van der Waals surface area contributed by atoms with Crippen molar-refractivity contribution in [3.8, 4) is 0 Å². The fraction of sp³-hybridized carbons (Fsp3) is 0.273. The van der Waals surface area contributed by atoms with Crippen LogP contribution in [0.5, 0.6) is 0 Å². The molecule has 0 aliphatic rings. The van der Waals surface area contributed by atoms with Gasteiger partial charge in [0.25, 0.3) is 0 Å². The second-order valence-corrected chi connectivity index (χ2v) is 12.6. The van der Waals surface area contributed by atoms with Crippen LogP contribution in [0.2, 0.25) is 0 Å². The van der Waals surface area contributed by atoms with E-state index in [2.05, 4.69) is 64.5 Å². The zero-order chi connectivity index (χ0) is 27.9. The molecule has 0 unspecified atom stereocenters. The molecule has 0 aliphatic heterocycles. The predicted octanol–water partition coefficient (Wildman–Crippen LogP) is 7.31. The van der Waals surface area contributed by atoms with E-state index < -0.39 is 22.1 Å². The third-order valence-electron chi connectivity index (χ3n) is 6.38. The first-order valence-electron chi connectivity index (χ1n) is 12.9. The topological polar surface area (TPSA) is 72.2 Å². The van der Waals surface area contributed by atoms with Gasteiger partial charge in [-0.1, -0.05) is 128 Å². The average molecular weight is 630 g/mol. The Morgan fingerprint density at radius 2 is 1.08 bits per heavy atom. The standard InChI is InChI=1S/C24H28N2O2S.C9H12.Ru/c1-24(2,3)20-14-16-21(17-15-20)29(27,28)26-23(19-12-8-5-9-13-19)22(25)18-10-6-4-7-11-18;1-7-4-8(2)6-9(3)5-7;/h4-17,22-23,26H,25H2,1-3H3;4-6H,1-3H3;/t22-,23-;;/m0../s1. The first kappa shape index (κ1) is 32.6. The zero-order valence-corrected chi connectivity index (χ0v) is 26.2. The fourth-order valence-electron chi connectivity index (χ4n) is 4.45. The molecule has 0 aromatic heterocycles. The number of nitrogens with one attached hydrogen (secondary N) is 1. The minimum atomic E-state index is -3.75. The van der Waals surface area contributed by atoms with E-state index in [9.17, 15) is 8.42 Å². The van der Waals surface area contributed by atoms with E-state index in [1.165, 1.54) is 16.7 Å².